The number of benzene rings is 1. The average Bonchev–Trinajstić information content (AvgIpc) is 3.55. The molecule has 1 aromatic carbocycles. The summed E-state index contributed by atoms with van der Waals surface area (Å²) in [5.41, 5.74) is 3.59. The molecule has 1 N–H and O–H groups in total. The number of ether oxygens (including phenoxy) is 2. The van der Waals surface area contributed by atoms with E-state index in [1.54, 1.807) is 25.5 Å². The summed E-state index contributed by atoms with van der Waals surface area (Å²) < 4.78 is 11.0. The third kappa shape index (κ3) is 7.60. The number of amides is 2. The zero-order chi connectivity index (χ0) is 31.2. The van der Waals surface area contributed by atoms with Crippen molar-refractivity contribution in [2.24, 2.45) is 11.8 Å². The molecule has 2 aromatic heterocycles. The van der Waals surface area contributed by atoms with Gasteiger partial charge in [0.15, 0.2) is 0 Å². The summed E-state index contributed by atoms with van der Waals surface area (Å²) in [5, 5.41) is 3.63. The molecule has 2 saturated carbocycles. The highest BCUT2D eigenvalue weighted by Crippen LogP contribution is 2.39. The minimum atomic E-state index is -0.411. The quantitative estimate of drug-likeness (QED) is 0.262. The molecule has 2 aliphatic carbocycles. The fourth-order valence-electron chi connectivity index (χ4n) is 6.65. The number of nitrogens with zero attached hydrogens (tertiary/aromatic N) is 3. The van der Waals surface area contributed by atoms with Gasteiger partial charge in [-0.1, -0.05) is 26.0 Å². The van der Waals surface area contributed by atoms with Crippen LogP contribution in [0.15, 0.2) is 42.7 Å². The van der Waals surface area contributed by atoms with Gasteiger partial charge in [0.2, 0.25) is 5.91 Å². The Morgan fingerprint density at radius 3 is 2.41 bits per heavy atom. The molecule has 0 atom stereocenters. The van der Waals surface area contributed by atoms with Gasteiger partial charge < -0.3 is 14.8 Å². The molecule has 8 nitrogen and oxygen atoms in total. The molecule has 5 rings (SSSR count). The highest BCUT2D eigenvalue weighted by atomic mass is 32.1. The summed E-state index contributed by atoms with van der Waals surface area (Å²) in [6.07, 6.45) is 10.3. The first kappa shape index (κ1) is 31.9. The van der Waals surface area contributed by atoms with Gasteiger partial charge in [-0.25, -0.2) is 14.8 Å². The molecule has 0 aliphatic heterocycles. The van der Waals surface area contributed by atoms with E-state index in [9.17, 15) is 9.59 Å². The Labute approximate surface area is 265 Å². The number of methoxy groups -OCH3 is 1. The molecule has 2 heterocycles. The Morgan fingerprint density at radius 2 is 1.77 bits per heavy atom. The van der Waals surface area contributed by atoms with Crippen molar-refractivity contribution in [1.29, 1.82) is 0 Å². The summed E-state index contributed by atoms with van der Waals surface area (Å²) in [7, 11) is 3.28. The maximum atomic E-state index is 14.2. The van der Waals surface area contributed by atoms with Crippen LogP contribution in [0.4, 0.5) is 10.6 Å². The first-order chi connectivity index (χ1) is 21.2. The SMILES string of the molecule is CNC(=O)O[C@H]1CC[C@H](C(=O)N(C[C@H]2CC[C@H](c3ccc(OC)c(C)c3)CC2)c2cc(-c3cnc(C(C)C)s3)ccn2)CC1. The number of anilines is 1. The predicted molar refractivity (Wildman–Crippen MR) is 176 cm³/mol. The molecular formula is C35H46N4O4S. The summed E-state index contributed by atoms with van der Waals surface area (Å²) in [4.78, 5) is 38.4. The van der Waals surface area contributed by atoms with Gasteiger partial charge in [-0.2, -0.15) is 0 Å². The lowest BCUT2D eigenvalue weighted by atomic mass is 9.78. The summed E-state index contributed by atoms with van der Waals surface area (Å²) in [6, 6.07) is 10.6. The number of hydrogen-bond acceptors (Lipinski definition) is 7. The van der Waals surface area contributed by atoms with E-state index in [1.807, 2.05) is 23.4 Å². The van der Waals surface area contributed by atoms with Crippen molar-refractivity contribution < 1.29 is 19.1 Å². The normalized spacial score (nSPS) is 22.0. The van der Waals surface area contributed by atoms with E-state index in [4.69, 9.17) is 14.5 Å². The van der Waals surface area contributed by atoms with Gasteiger partial charge in [0, 0.05) is 37.8 Å². The number of hydrogen-bond donors (Lipinski definition) is 1. The number of nitrogens with one attached hydrogen (secondary N) is 1. The third-order valence-corrected chi connectivity index (χ3v) is 10.6. The third-order valence-electron chi connectivity index (χ3n) is 9.27. The second-order valence-corrected chi connectivity index (χ2v) is 13.7. The van der Waals surface area contributed by atoms with E-state index in [2.05, 4.69) is 55.3 Å². The van der Waals surface area contributed by atoms with Crippen LogP contribution in [0.3, 0.4) is 0 Å². The van der Waals surface area contributed by atoms with Crippen molar-refractivity contribution in [2.75, 3.05) is 25.6 Å². The number of aromatic nitrogens is 2. The average molecular weight is 619 g/mol. The number of carbonyl (C=O) groups excluding carboxylic acids is 2. The van der Waals surface area contributed by atoms with Gasteiger partial charge in [0.05, 0.1) is 17.0 Å². The van der Waals surface area contributed by atoms with Gasteiger partial charge in [0.25, 0.3) is 0 Å². The van der Waals surface area contributed by atoms with Crippen LogP contribution >= 0.6 is 11.3 Å². The Morgan fingerprint density at radius 1 is 1.02 bits per heavy atom. The maximum Gasteiger partial charge on any atom is 0.407 e. The van der Waals surface area contributed by atoms with Gasteiger partial charge in [-0.05, 0) is 105 Å². The molecule has 2 amide bonds. The van der Waals surface area contributed by atoms with Crippen molar-refractivity contribution in [3.05, 3.63) is 58.9 Å². The van der Waals surface area contributed by atoms with Crippen molar-refractivity contribution in [2.45, 2.75) is 90.1 Å². The second kappa shape index (κ2) is 14.5. The number of carbonyl (C=O) groups is 2. The number of aryl methyl sites for hydroxylation is 1. The lowest BCUT2D eigenvalue weighted by molar-refractivity contribution is -0.124. The van der Waals surface area contributed by atoms with E-state index >= 15 is 0 Å². The Bertz CT molecular complexity index is 1420. The first-order valence-electron chi connectivity index (χ1n) is 16.0. The fraction of sp³-hybridized carbons (Fsp3) is 0.543. The zero-order valence-electron chi connectivity index (χ0n) is 26.7. The molecule has 0 unspecified atom stereocenters. The molecule has 9 heteroatoms. The largest absolute Gasteiger partial charge is 0.496 e. The molecule has 0 bridgehead atoms. The van der Waals surface area contributed by atoms with E-state index < -0.39 is 6.09 Å². The molecule has 0 radical (unpaired) electrons. The molecule has 0 saturated heterocycles. The van der Waals surface area contributed by atoms with Crippen molar-refractivity contribution in [3.63, 3.8) is 0 Å². The Hall–Kier alpha value is -3.46. The molecule has 3 aromatic rings. The van der Waals surface area contributed by atoms with Crippen LogP contribution < -0.4 is 15.0 Å². The number of rotatable bonds is 9. The lowest BCUT2D eigenvalue weighted by Crippen LogP contribution is -2.42. The van der Waals surface area contributed by atoms with Crippen LogP contribution in [0, 0.1) is 18.8 Å². The lowest BCUT2D eigenvalue weighted by Gasteiger charge is -2.35. The number of pyridine rings is 1. The molecule has 0 spiro atoms. The van der Waals surface area contributed by atoms with Crippen LogP contribution in [-0.4, -0.2) is 48.8 Å². The highest BCUT2D eigenvalue weighted by Gasteiger charge is 2.34. The standard InChI is InChI=1S/C35H46N4O4S/c1-22(2)33-38-20-31(44-33)28-16-17-37-32(19-28)39(34(40)26-10-13-29(14-11-26)43-35(41)36-4)21-24-6-8-25(9-7-24)27-12-15-30(42-5)23(3)18-27/h12,15-20,22,24-26,29H,6-11,13-14,21H2,1-5H3,(H,36,41)/t24-,25-,26-,29-. The number of thiazole rings is 1. The minimum Gasteiger partial charge on any atom is -0.496 e. The van der Waals surface area contributed by atoms with E-state index in [1.165, 1.54) is 11.1 Å². The fourth-order valence-corrected chi connectivity index (χ4v) is 7.57. The van der Waals surface area contributed by atoms with Gasteiger partial charge in [0.1, 0.15) is 17.7 Å². The van der Waals surface area contributed by atoms with Gasteiger partial charge in [-0.3, -0.25) is 9.69 Å². The van der Waals surface area contributed by atoms with Gasteiger partial charge >= 0.3 is 6.09 Å². The molecular weight excluding hydrogens is 572 g/mol. The first-order valence-corrected chi connectivity index (χ1v) is 16.8. The van der Waals surface area contributed by atoms with Crippen LogP contribution in [-0.2, 0) is 9.53 Å². The summed E-state index contributed by atoms with van der Waals surface area (Å²) in [6.45, 7) is 7.07. The monoisotopic (exact) mass is 618 g/mol. The zero-order valence-corrected chi connectivity index (χ0v) is 27.5. The van der Waals surface area contributed by atoms with Crippen LogP contribution in [0.25, 0.3) is 10.4 Å². The summed E-state index contributed by atoms with van der Waals surface area (Å²) >= 11 is 1.70. The maximum absolute atomic E-state index is 14.2. The molecule has 2 aliphatic rings. The van der Waals surface area contributed by atoms with Gasteiger partial charge in [-0.15, -0.1) is 11.3 Å². The summed E-state index contributed by atoms with van der Waals surface area (Å²) in [5.74, 6) is 2.96. The Balaban J connectivity index is 1.32. The smallest absolute Gasteiger partial charge is 0.407 e. The molecule has 44 heavy (non-hydrogen) atoms. The second-order valence-electron chi connectivity index (χ2n) is 12.6. The highest BCUT2D eigenvalue weighted by molar-refractivity contribution is 7.15. The van der Waals surface area contributed by atoms with Crippen molar-refractivity contribution >= 4 is 29.2 Å². The minimum absolute atomic E-state index is 0.112. The Kier molecular flexibility index (Phi) is 10.6. The van der Waals surface area contributed by atoms with E-state index in [0.717, 1.165) is 46.9 Å². The van der Waals surface area contributed by atoms with E-state index in [-0.39, 0.29) is 17.9 Å². The van der Waals surface area contributed by atoms with Crippen LogP contribution in [0.2, 0.25) is 0 Å². The topological polar surface area (TPSA) is 93.7 Å². The van der Waals surface area contributed by atoms with Crippen LogP contribution in [0.1, 0.15) is 93.2 Å². The van der Waals surface area contributed by atoms with Crippen LogP contribution in [0.5, 0.6) is 5.75 Å². The molecule has 236 valence electrons. The van der Waals surface area contributed by atoms with E-state index in [0.29, 0.717) is 55.8 Å². The van der Waals surface area contributed by atoms with Crippen molar-refractivity contribution in [1.82, 2.24) is 15.3 Å². The van der Waals surface area contributed by atoms with Crippen molar-refractivity contribution in [3.8, 4) is 16.2 Å². The molecule has 2 fully saturated rings. The number of alkyl carbamates (subject to hydrolysis) is 1. The predicted octanol–water partition coefficient (Wildman–Crippen LogP) is 7.87.